The van der Waals surface area contributed by atoms with Crippen molar-refractivity contribution in [2.75, 3.05) is 6.54 Å². The van der Waals surface area contributed by atoms with Crippen LogP contribution >= 0.6 is 0 Å². The third kappa shape index (κ3) is 11.4. The molecule has 274 valence electrons. The maximum absolute atomic E-state index is 12.7. The number of nitrogens with zero attached hydrogens (tertiary/aromatic N) is 2. The molecule has 7 rings (SSSR count). The van der Waals surface area contributed by atoms with E-state index in [9.17, 15) is 9.59 Å². The van der Waals surface area contributed by atoms with Crippen molar-refractivity contribution >= 4 is 11.8 Å². The van der Waals surface area contributed by atoms with Gasteiger partial charge in [-0.1, -0.05) is 69.0 Å². The number of nitrogens with one attached hydrogen (secondary N) is 2. The average molecular weight is 703 g/mol. The molecule has 8 heteroatoms. The molecular formula is C44H54N4O4. The third-order valence-corrected chi connectivity index (χ3v) is 10.9. The Balaban J connectivity index is 0.000000181. The fraction of sp³-hybridized carbons (Fsp3) is 0.455. The van der Waals surface area contributed by atoms with Crippen LogP contribution in [0, 0.1) is 23.7 Å². The molecule has 0 aliphatic heterocycles. The van der Waals surface area contributed by atoms with E-state index in [-0.39, 0.29) is 11.8 Å². The molecular weight excluding hydrogens is 649 g/mol. The number of para-hydroxylation sites is 2. The van der Waals surface area contributed by atoms with Gasteiger partial charge in [-0.15, -0.1) is 0 Å². The summed E-state index contributed by atoms with van der Waals surface area (Å²) in [5, 5.41) is 6.30. The van der Waals surface area contributed by atoms with Crippen molar-refractivity contribution in [2.45, 2.75) is 96.8 Å². The zero-order valence-electron chi connectivity index (χ0n) is 30.6. The molecule has 0 radical (unpaired) electrons. The number of hydrogen-bond donors (Lipinski definition) is 2. The van der Waals surface area contributed by atoms with Crippen LogP contribution in [0.3, 0.4) is 0 Å². The van der Waals surface area contributed by atoms with Crippen LogP contribution in [-0.2, 0) is 13.2 Å². The van der Waals surface area contributed by atoms with Gasteiger partial charge in [-0.25, -0.2) is 0 Å². The van der Waals surface area contributed by atoms with Crippen LogP contribution in [0.2, 0.25) is 0 Å². The van der Waals surface area contributed by atoms with E-state index in [1.165, 1.54) is 57.8 Å². The zero-order chi connectivity index (χ0) is 36.0. The van der Waals surface area contributed by atoms with Crippen LogP contribution in [0.15, 0.2) is 97.3 Å². The van der Waals surface area contributed by atoms with Gasteiger partial charge >= 0.3 is 0 Å². The number of carbonyl (C=O) groups is 2. The quantitative estimate of drug-likeness (QED) is 0.153. The number of fused-ring (bicyclic) bond motifs is 2. The number of carbonyl (C=O) groups excluding carboxylic acids is 2. The third-order valence-electron chi connectivity index (χ3n) is 10.9. The highest BCUT2D eigenvalue weighted by Crippen LogP contribution is 2.43. The van der Waals surface area contributed by atoms with Gasteiger partial charge in [-0.2, -0.15) is 0 Å². The van der Waals surface area contributed by atoms with Crippen LogP contribution < -0.4 is 20.1 Å². The topological polar surface area (TPSA) is 102 Å². The van der Waals surface area contributed by atoms with E-state index in [1.807, 2.05) is 84.9 Å². The molecule has 2 unspecified atom stereocenters. The molecule has 52 heavy (non-hydrogen) atoms. The summed E-state index contributed by atoms with van der Waals surface area (Å²) in [5.41, 5.74) is 2.86. The number of benzene rings is 2. The second kappa shape index (κ2) is 19.2. The molecule has 2 bridgehead atoms. The molecule has 2 heterocycles. The molecule has 2 N–H and O–H groups in total. The van der Waals surface area contributed by atoms with E-state index in [4.69, 9.17) is 9.47 Å². The predicted octanol–water partition coefficient (Wildman–Crippen LogP) is 8.97. The van der Waals surface area contributed by atoms with Crippen molar-refractivity contribution in [1.29, 1.82) is 0 Å². The normalized spacial score (nSPS) is 21.2. The fourth-order valence-corrected chi connectivity index (χ4v) is 8.08. The summed E-state index contributed by atoms with van der Waals surface area (Å²) in [5.74, 6) is 4.71. The lowest BCUT2D eigenvalue weighted by atomic mass is 9.66. The first-order valence-electron chi connectivity index (χ1n) is 19.3. The maximum atomic E-state index is 12.7. The summed E-state index contributed by atoms with van der Waals surface area (Å²) in [6.07, 6.45) is 17.3. The molecule has 2 atom stereocenters. The number of ether oxygens (including phenoxy) is 2. The minimum Gasteiger partial charge on any atom is -0.487 e. The Hall–Kier alpha value is -4.72. The first-order valence-corrected chi connectivity index (χ1v) is 19.3. The highest BCUT2D eigenvalue weighted by molar-refractivity contribution is 5.94. The second-order valence-corrected chi connectivity index (χ2v) is 14.8. The lowest BCUT2D eigenvalue weighted by Crippen LogP contribution is -2.43. The molecule has 4 aromatic rings. The van der Waals surface area contributed by atoms with E-state index in [1.54, 1.807) is 12.4 Å². The number of hydrogen-bond acceptors (Lipinski definition) is 6. The summed E-state index contributed by atoms with van der Waals surface area (Å²) in [6.45, 7) is 3.88. The highest BCUT2D eigenvalue weighted by Gasteiger charge is 2.36. The van der Waals surface area contributed by atoms with Crippen molar-refractivity contribution in [3.05, 3.63) is 120 Å². The number of amides is 2. The summed E-state index contributed by atoms with van der Waals surface area (Å²) < 4.78 is 11.4. The van der Waals surface area contributed by atoms with Gasteiger partial charge in [0.15, 0.2) is 0 Å². The molecule has 3 fully saturated rings. The first kappa shape index (κ1) is 37.1. The van der Waals surface area contributed by atoms with Crippen LogP contribution in [0.1, 0.15) is 110 Å². The van der Waals surface area contributed by atoms with Gasteiger partial charge in [-0.3, -0.25) is 19.6 Å². The number of pyridine rings is 2. The molecule has 3 aliphatic rings. The molecule has 8 nitrogen and oxygen atoms in total. The Labute approximate surface area is 309 Å². The van der Waals surface area contributed by atoms with E-state index < -0.39 is 0 Å². The van der Waals surface area contributed by atoms with Gasteiger partial charge in [0, 0.05) is 25.0 Å². The molecule has 0 saturated heterocycles. The number of aromatic nitrogens is 2. The summed E-state index contributed by atoms with van der Waals surface area (Å²) in [4.78, 5) is 33.6. The smallest absolute Gasteiger partial charge is 0.253 e. The average Bonchev–Trinajstić information content (AvgIpc) is 3.20. The fourth-order valence-electron chi connectivity index (χ4n) is 8.08. The minimum absolute atomic E-state index is 0.0000396. The summed E-state index contributed by atoms with van der Waals surface area (Å²) >= 11 is 0. The van der Waals surface area contributed by atoms with Gasteiger partial charge < -0.3 is 20.1 Å². The molecule has 3 saturated carbocycles. The Morgan fingerprint density at radius 2 is 1.17 bits per heavy atom. The zero-order valence-corrected chi connectivity index (χ0v) is 30.6. The standard InChI is InChI=1S/C24H30N2O2.C20H24N2O2/c1-2-17-10-18-12-19(11-17)14-22(13-18)26-24(27)20-8-9-21(25-15-20)16-28-23-6-4-3-5-7-23;23-20(22-13-16-7-3-1-4-8-16)17-11-12-18(21-14-17)15-24-19-9-5-2-6-10-19/h3-9,15,17-19,22H,2,10-14,16H2,1H3,(H,26,27);2,5-6,9-12,14,16H,1,3-4,7-8,13,15H2,(H,22,23). The molecule has 2 aromatic carbocycles. The Morgan fingerprint density at radius 3 is 1.67 bits per heavy atom. The van der Waals surface area contributed by atoms with Gasteiger partial charge in [0.2, 0.25) is 0 Å². The Morgan fingerprint density at radius 1 is 0.635 bits per heavy atom. The SMILES string of the molecule is CCC1CC2CC(C1)CC(NC(=O)c1ccc(COc3ccccc3)nc1)C2.O=C(NCC1CCCCC1)c1ccc(COc2ccccc2)nc1. The highest BCUT2D eigenvalue weighted by atomic mass is 16.5. The van der Waals surface area contributed by atoms with E-state index in [2.05, 4.69) is 27.5 Å². The monoisotopic (exact) mass is 702 g/mol. The Kier molecular flexibility index (Phi) is 13.7. The van der Waals surface area contributed by atoms with E-state index >= 15 is 0 Å². The van der Waals surface area contributed by atoms with E-state index in [0.717, 1.165) is 60.0 Å². The molecule has 2 amide bonds. The van der Waals surface area contributed by atoms with Crippen molar-refractivity contribution in [2.24, 2.45) is 23.7 Å². The molecule has 2 aromatic heterocycles. The van der Waals surface area contributed by atoms with Crippen molar-refractivity contribution < 1.29 is 19.1 Å². The number of rotatable bonds is 12. The van der Waals surface area contributed by atoms with Gasteiger partial charge in [0.1, 0.15) is 24.7 Å². The second-order valence-electron chi connectivity index (χ2n) is 14.8. The van der Waals surface area contributed by atoms with E-state index in [0.29, 0.717) is 36.3 Å². The van der Waals surface area contributed by atoms with Gasteiger partial charge in [0.25, 0.3) is 11.8 Å². The molecule has 3 aliphatic carbocycles. The van der Waals surface area contributed by atoms with Crippen LogP contribution in [-0.4, -0.2) is 34.4 Å². The lowest BCUT2D eigenvalue weighted by Gasteiger charge is -2.42. The van der Waals surface area contributed by atoms with Gasteiger partial charge in [-0.05, 0) is 117 Å². The summed E-state index contributed by atoms with van der Waals surface area (Å²) in [6, 6.07) is 27.0. The van der Waals surface area contributed by atoms with Crippen molar-refractivity contribution in [3.63, 3.8) is 0 Å². The maximum Gasteiger partial charge on any atom is 0.253 e. The van der Waals surface area contributed by atoms with Crippen molar-refractivity contribution in [1.82, 2.24) is 20.6 Å². The Bertz CT molecular complexity index is 1650. The largest absolute Gasteiger partial charge is 0.487 e. The van der Waals surface area contributed by atoms with Crippen LogP contribution in [0.25, 0.3) is 0 Å². The van der Waals surface area contributed by atoms with Crippen molar-refractivity contribution in [3.8, 4) is 11.5 Å². The summed E-state index contributed by atoms with van der Waals surface area (Å²) in [7, 11) is 0. The van der Waals surface area contributed by atoms with Crippen LogP contribution in [0.4, 0.5) is 0 Å². The first-order chi connectivity index (χ1) is 25.5. The van der Waals surface area contributed by atoms with Crippen LogP contribution in [0.5, 0.6) is 11.5 Å². The lowest BCUT2D eigenvalue weighted by molar-refractivity contribution is 0.0822. The molecule has 0 spiro atoms. The predicted molar refractivity (Wildman–Crippen MR) is 204 cm³/mol. The van der Waals surface area contributed by atoms with Gasteiger partial charge in [0.05, 0.1) is 22.5 Å². The minimum atomic E-state index is -0.0383.